The van der Waals surface area contributed by atoms with Crippen LogP contribution in [0.4, 0.5) is 11.4 Å². The molecule has 0 saturated carbocycles. The van der Waals surface area contributed by atoms with E-state index in [9.17, 15) is 4.79 Å². The van der Waals surface area contributed by atoms with Gasteiger partial charge in [-0.05, 0) is 31.2 Å². The predicted octanol–water partition coefficient (Wildman–Crippen LogP) is 2.41. The second kappa shape index (κ2) is 7.96. The van der Waals surface area contributed by atoms with Crippen LogP contribution in [0.3, 0.4) is 0 Å². The molecule has 1 heterocycles. The number of nitrogens with zero attached hydrogens (tertiary/aromatic N) is 2. The van der Waals surface area contributed by atoms with Crippen LogP contribution in [0.25, 0.3) is 0 Å². The van der Waals surface area contributed by atoms with Crippen LogP contribution in [0.1, 0.15) is 17.2 Å². The van der Waals surface area contributed by atoms with Crippen molar-refractivity contribution in [1.29, 1.82) is 0 Å². The van der Waals surface area contributed by atoms with E-state index in [1.807, 2.05) is 61.5 Å². The lowest BCUT2D eigenvalue weighted by Gasteiger charge is -2.06. The molecule has 7 nitrogen and oxygen atoms in total. The van der Waals surface area contributed by atoms with Gasteiger partial charge in [-0.15, -0.1) is 0 Å². The number of anilines is 2. The first-order valence-corrected chi connectivity index (χ1v) is 7.99. The van der Waals surface area contributed by atoms with Crippen LogP contribution in [0.2, 0.25) is 0 Å². The van der Waals surface area contributed by atoms with Gasteiger partial charge in [0.15, 0.2) is 5.82 Å². The van der Waals surface area contributed by atoms with E-state index in [-0.39, 0.29) is 12.3 Å². The quantitative estimate of drug-likeness (QED) is 0.497. The van der Waals surface area contributed by atoms with Crippen LogP contribution >= 0.6 is 0 Å². The van der Waals surface area contributed by atoms with Crippen molar-refractivity contribution in [3.05, 3.63) is 71.8 Å². The molecule has 0 aliphatic heterocycles. The summed E-state index contributed by atoms with van der Waals surface area (Å²) in [5.41, 5.74) is 8.50. The smallest absolute Gasteiger partial charge is 0.246 e. The number of rotatable bonds is 7. The molecular weight excluding hydrogens is 316 g/mol. The fourth-order valence-corrected chi connectivity index (χ4v) is 2.20. The van der Waals surface area contributed by atoms with Gasteiger partial charge in [0.05, 0.1) is 18.7 Å². The van der Waals surface area contributed by atoms with Crippen LogP contribution in [0.15, 0.2) is 54.6 Å². The van der Waals surface area contributed by atoms with E-state index < -0.39 is 0 Å². The number of H-pyrrole nitrogens is 1. The Morgan fingerprint density at radius 2 is 1.80 bits per heavy atom. The monoisotopic (exact) mass is 336 g/mol. The molecule has 4 N–H and O–H groups in total. The van der Waals surface area contributed by atoms with Crippen LogP contribution in [0.5, 0.6) is 0 Å². The van der Waals surface area contributed by atoms with Crippen LogP contribution in [-0.4, -0.2) is 21.1 Å². The topological polar surface area (TPSA) is 94.7 Å². The molecule has 0 bridgehead atoms. The highest BCUT2D eigenvalue weighted by Gasteiger charge is 2.09. The third-order valence-corrected chi connectivity index (χ3v) is 3.53. The SMILES string of the molecule is Cc1ccc(NCc2nc(CC(=O)NNc3ccccc3)n[nH]2)cc1. The number of hydrogen-bond acceptors (Lipinski definition) is 5. The normalized spacial score (nSPS) is 10.3. The van der Waals surface area contributed by atoms with Crippen LogP contribution in [-0.2, 0) is 17.8 Å². The van der Waals surface area contributed by atoms with Gasteiger partial charge in [-0.25, -0.2) is 4.98 Å². The first kappa shape index (κ1) is 16.5. The Morgan fingerprint density at radius 3 is 2.56 bits per heavy atom. The van der Waals surface area contributed by atoms with Gasteiger partial charge in [0.1, 0.15) is 5.82 Å². The maximum absolute atomic E-state index is 11.9. The summed E-state index contributed by atoms with van der Waals surface area (Å²) in [7, 11) is 0. The molecule has 1 amide bonds. The van der Waals surface area contributed by atoms with Crippen molar-refractivity contribution in [1.82, 2.24) is 20.6 Å². The van der Waals surface area contributed by atoms with Crippen LogP contribution in [0, 0.1) is 6.92 Å². The zero-order chi connectivity index (χ0) is 17.5. The summed E-state index contributed by atoms with van der Waals surface area (Å²) in [4.78, 5) is 16.2. The molecule has 2 aromatic carbocycles. The Kier molecular flexibility index (Phi) is 5.26. The van der Waals surface area contributed by atoms with Crippen molar-refractivity contribution in [3.8, 4) is 0 Å². The van der Waals surface area contributed by atoms with Crippen LogP contribution < -0.4 is 16.2 Å². The molecule has 3 aromatic rings. The lowest BCUT2D eigenvalue weighted by molar-refractivity contribution is -0.120. The highest BCUT2D eigenvalue weighted by Crippen LogP contribution is 2.09. The molecule has 0 fully saturated rings. The zero-order valence-electron chi connectivity index (χ0n) is 13.9. The predicted molar refractivity (Wildman–Crippen MR) is 96.8 cm³/mol. The van der Waals surface area contributed by atoms with E-state index in [4.69, 9.17) is 0 Å². The van der Waals surface area contributed by atoms with E-state index in [1.54, 1.807) is 0 Å². The van der Waals surface area contributed by atoms with Crippen molar-refractivity contribution in [2.24, 2.45) is 0 Å². The van der Waals surface area contributed by atoms with Gasteiger partial charge in [0, 0.05) is 5.69 Å². The number of hydrazine groups is 1. The van der Waals surface area contributed by atoms with Gasteiger partial charge in [-0.2, -0.15) is 5.10 Å². The molecule has 128 valence electrons. The van der Waals surface area contributed by atoms with Gasteiger partial charge in [0.2, 0.25) is 5.91 Å². The largest absolute Gasteiger partial charge is 0.378 e. The van der Waals surface area contributed by atoms with E-state index in [2.05, 4.69) is 31.3 Å². The van der Waals surface area contributed by atoms with E-state index in [1.165, 1.54) is 5.56 Å². The van der Waals surface area contributed by atoms with Crippen molar-refractivity contribution in [3.63, 3.8) is 0 Å². The van der Waals surface area contributed by atoms with Crippen molar-refractivity contribution >= 4 is 17.3 Å². The Balaban J connectivity index is 1.46. The highest BCUT2D eigenvalue weighted by atomic mass is 16.2. The minimum absolute atomic E-state index is 0.0981. The Morgan fingerprint density at radius 1 is 1.04 bits per heavy atom. The third kappa shape index (κ3) is 5.07. The summed E-state index contributed by atoms with van der Waals surface area (Å²) in [6.07, 6.45) is 0.0981. The Hall–Kier alpha value is -3.35. The number of hydrogen-bond donors (Lipinski definition) is 4. The molecule has 0 spiro atoms. The maximum Gasteiger partial charge on any atom is 0.246 e. The van der Waals surface area contributed by atoms with Gasteiger partial charge in [0.25, 0.3) is 0 Å². The molecule has 0 aliphatic carbocycles. The maximum atomic E-state index is 11.9. The average Bonchev–Trinajstić information content (AvgIpc) is 3.08. The highest BCUT2D eigenvalue weighted by molar-refractivity contribution is 5.79. The fourth-order valence-electron chi connectivity index (χ4n) is 2.20. The van der Waals surface area contributed by atoms with E-state index in [0.29, 0.717) is 18.2 Å². The number of benzene rings is 2. The summed E-state index contributed by atoms with van der Waals surface area (Å²) in [5.74, 6) is 0.924. The average molecular weight is 336 g/mol. The lowest BCUT2D eigenvalue weighted by atomic mass is 10.2. The molecule has 0 unspecified atom stereocenters. The molecule has 1 aromatic heterocycles. The number of aromatic amines is 1. The van der Waals surface area contributed by atoms with Gasteiger partial charge >= 0.3 is 0 Å². The second-order valence-electron chi connectivity index (χ2n) is 5.63. The minimum Gasteiger partial charge on any atom is -0.378 e. The molecule has 0 atom stereocenters. The molecule has 0 aliphatic rings. The summed E-state index contributed by atoms with van der Waals surface area (Å²) in [6, 6.07) is 17.5. The van der Waals surface area contributed by atoms with Gasteiger partial charge < -0.3 is 5.32 Å². The number of aryl methyl sites for hydroxylation is 1. The second-order valence-corrected chi connectivity index (χ2v) is 5.63. The Bertz CT molecular complexity index is 813. The molecular formula is C18H20N6O. The van der Waals surface area contributed by atoms with Crippen molar-refractivity contribution in [2.45, 2.75) is 19.9 Å². The third-order valence-electron chi connectivity index (χ3n) is 3.53. The van der Waals surface area contributed by atoms with E-state index in [0.717, 1.165) is 11.4 Å². The minimum atomic E-state index is -0.208. The first-order chi connectivity index (χ1) is 12.2. The number of amides is 1. The van der Waals surface area contributed by atoms with Gasteiger partial charge in [-0.3, -0.25) is 20.7 Å². The summed E-state index contributed by atoms with van der Waals surface area (Å²) >= 11 is 0. The summed E-state index contributed by atoms with van der Waals surface area (Å²) in [5, 5.41) is 10.2. The summed E-state index contributed by atoms with van der Waals surface area (Å²) in [6.45, 7) is 2.56. The zero-order valence-corrected chi connectivity index (χ0v) is 13.9. The van der Waals surface area contributed by atoms with Crippen molar-refractivity contribution in [2.75, 3.05) is 10.7 Å². The number of carbonyl (C=O) groups is 1. The number of nitrogens with one attached hydrogen (secondary N) is 4. The number of carbonyl (C=O) groups excluding carboxylic acids is 1. The standard InChI is InChI=1S/C18H20N6O/c1-13-7-9-14(10-8-13)19-12-17-20-16(22-23-17)11-18(25)24-21-15-5-3-2-4-6-15/h2-10,19,21H,11-12H2,1H3,(H,24,25)(H,20,22,23). The van der Waals surface area contributed by atoms with Crippen molar-refractivity contribution < 1.29 is 4.79 Å². The first-order valence-electron chi connectivity index (χ1n) is 7.99. The molecule has 0 radical (unpaired) electrons. The number of aromatic nitrogens is 3. The molecule has 25 heavy (non-hydrogen) atoms. The Labute approximate surface area is 145 Å². The molecule has 0 saturated heterocycles. The number of para-hydroxylation sites is 1. The van der Waals surface area contributed by atoms with E-state index >= 15 is 0 Å². The molecule has 3 rings (SSSR count). The molecule has 7 heteroatoms. The fraction of sp³-hybridized carbons (Fsp3) is 0.167. The summed E-state index contributed by atoms with van der Waals surface area (Å²) < 4.78 is 0. The van der Waals surface area contributed by atoms with Gasteiger partial charge in [-0.1, -0.05) is 35.9 Å². The lowest BCUT2D eigenvalue weighted by Crippen LogP contribution is -2.31.